The number of rotatable bonds is 5. The number of carbonyl (C=O) groups excluding carboxylic acids is 2. The molecule has 2 atom stereocenters. The molecule has 0 aromatic heterocycles. The summed E-state index contributed by atoms with van der Waals surface area (Å²) in [6.07, 6.45) is -2.74. The van der Waals surface area contributed by atoms with Gasteiger partial charge in [0.05, 0.1) is 6.61 Å². The lowest BCUT2D eigenvalue weighted by molar-refractivity contribution is -0.161. The largest absolute Gasteiger partial charge is 0.451 e. The Morgan fingerprint density at radius 1 is 1.43 bits per heavy atom. The predicted molar refractivity (Wildman–Crippen MR) is 49.1 cm³/mol. The number of ether oxygens (including phenoxy) is 1. The Bertz CT molecular complexity index is 218. The van der Waals surface area contributed by atoms with Gasteiger partial charge in [-0.15, -0.1) is 23.2 Å². The summed E-state index contributed by atoms with van der Waals surface area (Å²) in [5.74, 6) is -2.00. The highest BCUT2D eigenvalue weighted by atomic mass is 35.5. The lowest BCUT2D eigenvalue weighted by Gasteiger charge is -2.21. The van der Waals surface area contributed by atoms with E-state index in [2.05, 4.69) is 4.74 Å². The van der Waals surface area contributed by atoms with E-state index in [-0.39, 0.29) is 0 Å². The molecule has 7 heteroatoms. The molecule has 0 heterocycles. The molecule has 0 fully saturated rings. The summed E-state index contributed by atoms with van der Waals surface area (Å²) < 4.78 is 4.46. The topological polar surface area (TPSA) is 83.8 Å². The fourth-order valence-electron chi connectivity index (χ4n) is 0.608. The summed E-state index contributed by atoms with van der Waals surface area (Å²) >= 11 is 10.7. The van der Waals surface area contributed by atoms with E-state index < -0.39 is 35.4 Å². The minimum Gasteiger partial charge on any atom is -0.451 e. The highest BCUT2D eigenvalue weighted by Gasteiger charge is 2.30. The standard InChI is InChI=1S/C7H10Cl2O5/c1-3(11)7(13)14-5(6(8)9)4(12)2-10/h4-6,10,12H,2H2,1H3. The van der Waals surface area contributed by atoms with Crippen LogP contribution in [0.1, 0.15) is 6.92 Å². The van der Waals surface area contributed by atoms with Crippen LogP contribution in [0.25, 0.3) is 0 Å². The molecule has 0 saturated heterocycles. The van der Waals surface area contributed by atoms with E-state index in [4.69, 9.17) is 33.4 Å². The molecule has 5 nitrogen and oxygen atoms in total. The van der Waals surface area contributed by atoms with E-state index in [1.165, 1.54) is 0 Å². The first-order chi connectivity index (χ1) is 6.40. The van der Waals surface area contributed by atoms with Crippen LogP contribution in [-0.4, -0.2) is 45.6 Å². The second-order valence-corrected chi connectivity index (χ2v) is 3.67. The molecule has 2 unspecified atom stereocenters. The summed E-state index contributed by atoms with van der Waals surface area (Å²) in [6, 6.07) is 0. The van der Waals surface area contributed by atoms with Gasteiger partial charge in [0, 0.05) is 6.92 Å². The van der Waals surface area contributed by atoms with Crippen LogP contribution in [0.2, 0.25) is 0 Å². The van der Waals surface area contributed by atoms with Crippen molar-refractivity contribution in [3.05, 3.63) is 0 Å². The Balaban J connectivity index is 4.38. The molecule has 82 valence electrons. The minimum atomic E-state index is -1.42. The smallest absolute Gasteiger partial charge is 0.374 e. The Hall–Kier alpha value is -0.360. The van der Waals surface area contributed by atoms with E-state index in [1.807, 2.05) is 0 Å². The van der Waals surface area contributed by atoms with Crippen molar-refractivity contribution in [1.29, 1.82) is 0 Å². The number of alkyl halides is 2. The van der Waals surface area contributed by atoms with Crippen molar-refractivity contribution in [3.63, 3.8) is 0 Å². The molecule has 0 radical (unpaired) electrons. The van der Waals surface area contributed by atoms with E-state index in [1.54, 1.807) is 0 Å². The third-order valence-electron chi connectivity index (χ3n) is 1.35. The molecule has 0 amide bonds. The number of halogens is 2. The number of carbonyl (C=O) groups is 2. The third kappa shape index (κ3) is 4.23. The maximum absolute atomic E-state index is 10.8. The Morgan fingerprint density at radius 2 is 1.93 bits per heavy atom. The van der Waals surface area contributed by atoms with Gasteiger partial charge in [0.2, 0.25) is 5.78 Å². The van der Waals surface area contributed by atoms with Crippen LogP contribution >= 0.6 is 23.2 Å². The van der Waals surface area contributed by atoms with Crippen molar-refractivity contribution in [2.24, 2.45) is 0 Å². The van der Waals surface area contributed by atoms with Crippen LogP contribution in [-0.2, 0) is 14.3 Å². The summed E-state index contributed by atoms with van der Waals surface area (Å²) in [7, 11) is 0. The lowest BCUT2D eigenvalue weighted by atomic mass is 10.2. The summed E-state index contributed by atoms with van der Waals surface area (Å²) in [4.78, 5) is 20.1. The maximum atomic E-state index is 10.8. The zero-order valence-corrected chi connectivity index (χ0v) is 8.83. The first kappa shape index (κ1) is 13.6. The molecule has 0 aromatic carbocycles. The summed E-state index contributed by atoms with van der Waals surface area (Å²) in [6.45, 7) is 0.327. The van der Waals surface area contributed by atoms with Crippen molar-refractivity contribution < 1.29 is 24.5 Å². The number of hydrogen-bond donors (Lipinski definition) is 2. The zero-order chi connectivity index (χ0) is 11.3. The van der Waals surface area contributed by atoms with Gasteiger partial charge in [-0.05, 0) is 0 Å². The number of aliphatic hydroxyl groups excluding tert-OH is 2. The molecular weight excluding hydrogens is 235 g/mol. The molecular formula is C7H10Cl2O5. The second-order valence-electron chi connectivity index (χ2n) is 2.51. The maximum Gasteiger partial charge on any atom is 0.374 e. The molecule has 2 N–H and O–H groups in total. The van der Waals surface area contributed by atoms with Gasteiger partial charge in [0.25, 0.3) is 0 Å². The summed E-state index contributed by atoms with van der Waals surface area (Å²) in [5.41, 5.74) is 0. The zero-order valence-electron chi connectivity index (χ0n) is 7.31. The highest BCUT2D eigenvalue weighted by molar-refractivity contribution is 6.45. The first-order valence-corrected chi connectivity index (χ1v) is 4.56. The van der Waals surface area contributed by atoms with Crippen LogP contribution in [0.3, 0.4) is 0 Å². The predicted octanol–water partition coefficient (Wildman–Crippen LogP) is -0.356. The number of aliphatic hydroxyl groups is 2. The van der Waals surface area contributed by atoms with Crippen LogP contribution in [0, 0.1) is 0 Å². The van der Waals surface area contributed by atoms with Gasteiger partial charge in [-0.3, -0.25) is 4.79 Å². The lowest BCUT2D eigenvalue weighted by Crippen LogP contribution is -2.39. The second kappa shape index (κ2) is 6.19. The van der Waals surface area contributed by atoms with E-state index in [0.717, 1.165) is 6.92 Å². The van der Waals surface area contributed by atoms with Crippen LogP contribution in [0.4, 0.5) is 0 Å². The van der Waals surface area contributed by atoms with Gasteiger partial charge in [0.15, 0.2) is 6.10 Å². The normalized spacial score (nSPS) is 15.0. The first-order valence-electron chi connectivity index (χ1n) is 3.68. The monoisotopic (exact) mass is 244 g/mol. The Morgan fingerprint density at radius 3 is 2.21 bits per heavy atom. The van der Waals surface area contributed by atoms with Crippen LogP contribution in [0.15, 0.2) is 0 Å². The quantitative estimate of drug-likeness (QED) is 0.392. The number of ketones is 1. The van der Waals surface area contributed by atoms with Gasteiger partial charge >= 0.3 is 5.97 Å². The highest BCUT2D eigenvalue weighted by Crippen LogP contribution is 2.15. The van der Waals surface area contributed by atoms with Gasteiger partial charge in [0.1, 0.15) is 10.9 Å². The van der Waals surface area contributed by atoms with Gasteiger partial charge in [-0.2, -0.15) is 0 Å². The van der Waals surface area contributed by atoms with Crippen molar-refractivity contribution in [3.8, 4) is 0 Å². The summed E-state index contributed by atoms with van der Waals surface area (Å²) in [5, 5.41) is 17.7. The van der Waals surface area contributed by atoms with Crippen molar-refractivity contribution in [2.75, 3.05) is 6.61 Å². The molecule has 0 saturated carbocycles. The molecule has 0 bridgehead atoms. The Labute approximate surface area is 90.6 Å². The van der Waals surface area contributed by atoms with E-state index in [0.29, 0.717) is 0 Å². The average Bonchev–Trinajstić information content (AvgIpc) is 2.11. The fourth-order valence-corrected chi connectivity index (χ4v) is 1.05. The van der Waals surface area contributed by atoms with Crippen molar-refractivity contribution in [1.82, 2.24) is 0 Å². The third-order valence-corrected chi connectivity index (χ3v) is 1.84. The average molecular weight is 245 g/mol. The molecule has 0 aliphatic rings. The number of Topliss-reactive ketones (excluding diaryl/α,β-unsaturated/α-hetero) is 1. The van der Waals surface area contributed by atoms with Crippen LogP contribution < -0.4 is 0 Å². The number of esters is 1. The van der Waals surface area contributed by atoms with Gasteiger partial charge < -0.3 is 14.9 Å². The van der Waals surface area contributed by atoms with Gasteiger partial charge in [-0.25, -0.2) is 4.79 Å². The van der Waals surface area contributed by atoms with Crippen molar-refractivity contribution >= 4 is 35.0 Å². The molecule has 0 aliphatic heterocycles. The molecule has 14 heavy (non-hydrogen) atoms. The van der Waals surface area contributed by atoms with Gasteiger partial charge in [-0.1, -0.05) is 0 Å². The molecule has 0 aliphatic carbocycles. The number of hydrogen-bond acceptors (Lipinski definition) is 5. The minimum absolute atomic E-state index is 0.675. The fraction of sp³-hybridized carbons (Fsp3) is 0.714. The van der Waals surface area contributed by atoms with Crippen molar-refractivity contribution in [2.45, 2.75) is 24.0 Å². The Kier molecular flexibility index (Phi) is 6.03. The molecule has 0 rings (SSSR count). The molecule has 0 spiro atoms. The van der Waals surface area contributed by atoms with E-state index in [9.17, 15) is 9.59 Å². The SMILES string of the molecule is CC(=O)C(=O)OC(C(Cl)Cl)C(O)CO. The van der Waals surface area contributed by atoms with Crippen LogP contribution in [0.5, 0.6) is 0 Å². The molecule has 0 aromatic rings. The van der Waals surface area contributed by atoms with E-state index >= 15 is 0 Å².